The average molecular weight is 390 g/mol. The molecule has 0 aliphatic rings. The monoisotopic (exact) mass is 389 g/mol. The van der Waals surface area contributed by atoms with Gasteiger partial charge in [0.15, 0.2) is 0 Å². The van der Waals surface area contributed by atoms with Crippen molar-refractivity contribution in [3.05, 3.63) is 33.8 Å². The molecule has 0 atom stereocenters. The summed E-state index contributed by atoms with van der Waals surface area (Å²) in [6.07, 6.45) is 0.517. The van der Waals surface area contributed by atoms with E-state index in [1.54, 1.807) is 12.1 Å². The fourth-order valence-electron chi connectivity index (χ4n) is 2.15. The van der Waals surface area contributed by atoms with Gasteiger partial charge < -0.3 is 10.4 Å². The van der Waals surface area contributed by atoms with E-state index in [1.807, 2.05) is 31.7 Å². The molecule has 0 saturated heterocycles. The van der Waals surface area contributed by atoms with Crippen LogP contribution >= 0.6 is 23.2 Å². The van der Waals surface area contributed by atoms with E-state index in [0.717, 1.165) is 5.56 Å². The van der Waals surface area contributed by atoms with Gasteiger partial charge in [0.1, 0.15) is 0 Å². The van der Waals surface area contributed by atoms with Crippen molar-refractivity contribution in [2.24, 2.45) is 0 Å². The Kier molecular flexibility index (Phi) is 8.65. The van der Waals surface area contributed by atoms with E-state index in [-0.39, 0.29) is 13.2 Å². The fourth-order valence-corrected chi connectivity index (χ4v) is 2.47. The van der Waals surface area contributed by atoms with E-state index in [4.69, 9.17) is 28.3 Å². The first-order valence-electron chi connectivity index (χ1n) is 8.00. The van der Waals surface area contributed by atoms with Crippen LogP contribution in [0.25, 0.3) is 0 Å². The van der Waals surface area contributed by atoms with Crippen LogP contribution in [0, 0.1) is 0 Å². The molecule has 3 N–H and O–H groups in total. The van der Waals surface area contributed by atoms with Crippen LogP contribution in [-0.2, 0) is 11.3 Å². The summed E-state index contributed by atoms with van der Waals surface area (Å²) in [6.45, 7) is 6.48. The minimum absolute atomic E-state index is 0.0179. The molecule has 6 nitrogen and oxygen atoms in total. The molecule has 25 heavy (non-hydrogen) atoms. The first-order chi connectivity index (χ1) is 11.6. The third kappa shape index (κ3) is 9.07. The number of nitrogens with one attached hydrogen (secondary N) is 2. The second-order valence-corrected chi connectivity index (χ2v) is 7.60. The molecule has 1 aromatic rings. The lowest BCUT2D eigenvalue weighted by Gasteiger charge is -2.23. The quantitative estimate of drug-likeness (QED) is 0.669. The number of rotatable bonds is 7. The molecule has 8 heteroatoms. The van der Waals surface area contributed by atoms with Gasteiger partial charge in [0.25, 0.3) is 0 Å². The first-order valence-corrected chi connectivity index (χ1v) is 8.75. The lowest BCUT2D eigenvalue weighted by atomic mass is 10.1. The van der Waals surface area contributed by atoms with E-state index in [0.29, 0.717) is 29.6 Å². The van der Waals surface area contributed by atoms with E-state index < -0.39 is 17.5 Å². The van der Waals surface area contributed by atoms with Crippen LogP contribution in [0.3, 0.4) is 0 Å². The largest absolute Gasteiger partial charge is 0.396 e. The molecule has 0 unspecified atom stereocenters. The Hall–Kier alpha value is -1.34. The van der Waals surface area contributed by atoms with Gasteiger partial charge in [0.2, 0.25) is 5.91 Å². The van der Waals surface area contributed by atoms with Crippen LogP contribution in [0.2, 0.25) is 10.0 Å². The van der Waals surface area contributed by atoms with Crippen molar-refractivity contribution in [2.75, 3.05) is 19.7 Å². The Morgan fingerprint density at radius 2 is 1.88 bits per heavy atom. The van der Waals surface area contributed by atoms with Crippen LogP contribution in [0.15, 0.2) is 18.2 Å². The van der Waals surface area contributed by atoms with Gasteiger partial charge in [-0.3, -0.25) is 15.0 Å². The van der Waals surface area contributed by atoms with Gasteiger partial charge in [-0.15, -0.1) is 0 Å². The summed E-state index contributed by atoms with van der Waals surface area (Å²) in [7, 11) is 0. The summed E-state index contributed by atoms with van der Waals surface area (Å²) in [6, 6.07) is 4.72. The highest BCUT2D eigenvalue weighted by molar-refractivity contribution is 6.42. The van der Waals surface area contributed by atoms with Crippen LogP contribution in [0.5, 0.6) is 0 Å². The summed E-state index contributed by atoms with van der Waals surface area (Å²) in [5, 5.41) is 14.9. The Bertz CT molecular complexity index is 603. The SMILES string of the molecule is CC(C)(C)NC(=O)NC(=O)CN(CCCO)Cc1ccc(Cl)c(Cl)c1. The maximum Gasteiger partial charge on any atom is 0.321 e. The Labute approximate surface area is 158 Å². The van der Waals surface area contributed by atoms with E-state index >= 15 is 0 Å². The molecule has 0 fully saturated rings. The van der Waals surface area contributed by atoms with Crippen LogP contribution < -0.4 is 10.6 Å². The number of hydrogen-bond donors (Lipinski definition) is 3. The molecule has 140 valence electrons. The predicted octanol–water partition coefficient (Wildman–Crippen LogP) is 2.80. The first kappa shape index (κ1) is 21.7. The molecule has 0 heterocycles. The molecule has 3 amide bonds. The number of aliphatic hydroxyl groups is 1. The molecule has 1 aromatic carbocycles. The van der Waals surface area contributed by atoms with Gasteiger partial charge in [-0.1, -0.05) is 29.3 Å². The van der Waals surface area contributed by atoms with Crippen molar-refractivity contribution in [1.82, 2.24) is 15.5 Å². The molecule has 0 spiro atoms. The van der Waals surface area contributed by atoms with Crippen molar-refractivity contribution in [3.63, 3.8) is 0 Å². The number of hydrogen-bond acceptors (Lipinski definition) is 4. The zero-order chi connectivity index (χ0) is 19.0. The molecule has 0 aliphatic heterocycles. The molecule has 0 aliphatic carbocycles. The number of halogens is 2. The van der Waals surface area contributed by atoms with Crippen molar-refractivity contribution < 1.29 is 14.7 Å². The summed E-state index contributed by atoms with van der Waals surface area (Å²) in [5.74, 6) is -0.417. The van der Waals surface area contributed by atoms with Crippen molar-refractivity contribution in [2.45, 2.75) is 39.3 Å². The van der Waals surface area contributed by atoms with E-state index in [2.05, 4.69) is 10.6 Å². The number of aliphatic hydroxyl groups excluding tert-OH is 1. The Balaban J connectivity index is 2.66. The van der Waals surface area contributed by atoms with Crippen molar-refractivity contribution in [1.29, 1.82) is 0 Å². The van der Waals surface area contributed by atoms with Gasteiger partial charge >= 0.3 is 6.03 Å². The molecule has 0 bridgehead atoms. The van der Waals surface area contributed by atoms with Crippen LogP contribution in [-0.4, -0.2) is 47.2 Å². The fraction of sp³-hybridized carbons (Fsp3) is 0.529. The number of urea groups is 1. The zero-order valence-corrected chi connectivity index (χ0v) is 16.2. The lowest BCUT2D eigenvalue weighted by molar-refractivity contribution is -0.121. The van der Waals surface area contributed by atoms with Gasteiger partial charge in [0, 0.05) is 25.2 Å². The highest BCUT2D eigenvalue weighted by atomic mass is 35.5. The highest BCUT2D eigenvalue weighted by Gasteiger charge is 2.18. The van der Waals surface area contributed by atoms with Crippen molar-refractivity contribution >= 4 is 35.1 Å². The summed E-state index contributed by atoms with van der Waals surface area (Å²) < 4.78 is 0. The maximum atomic E-state index is 12.1. The Morgan fingerprint density at radius 1 is 1.20 bits per heavy atom. The van der Waals surface area contributed by atoms with Gasteiger partial charge in [-0.05, 0) is 44.9 Å². The molecular formula is C17H25Cl2N3O3. The van der Waals surface area contributed by atoms with Crippen LogP contribution in [0.4, 0.5) is 4.79 Å². The normalized spacial score (nSPS) is 11.5. The summed E-state index contributed by atoms with van der Waals surface area (Å²) in [4.78, 5) is 25.7. The van der Waals surface area contributed by atoms with E-state index in [1.165, 1.54) is 0 Å². The lowest BCUT2D eigenvalue weighted by Crippen LogP contribution is -2.50. The molecule has 1 rings (SSSR count). The third-order valence-corrected chi connectivity index (χ3v) is 3.87. The molecule has 0 radical (unpaired) electrons. The topological polar surface area (TPSA) is 81.7 Å². The number of nitrogens with zero attached hydrogens (tertiary/aromatic N) is 1. The van der Waals surface area contributed by atoms with Gasteiger partial charge in [-0.2, -0.15) is 0 Å². The summed E-state index contributed by atoms with van der Waals surface area (Å²) >= 11 is 11.9. The van der Waals surface area contributed by atoms with Gasteiger partial charge in [0.05, 0.1) is 16.6 Å². The third-order valence-electron chi connectivity index (χ3n) is 3.13. The predicted molar refractivity (Wildman–Crippen MR) is 99.9 cm³/mol. The number of benzene rings is 1. The molecular weight excluding hydrogens is 365 g/mol. The standard InChI is InChI=1S/C17H25Cl2N3O3/c1-17(2,3)21-16(25)20-15(24)11-22(7-4-8-23)10-12-5-6-13(18)14(19)9-12/h5-6,9,23H,4,7-8,10-11H2,1-3H3,(H2,20,21,24,25). The zero-order valence-electron chi connectivity index (χ0n) is 14.7. The minimum atomic E-state index is -0.533. The second-order valence-electron chi connectivity index (χ2n) is 6.79. The molecule has 0 saturated carbocycles. The summed E-state index contributed by atoms with van der Waals surface area (Å²) in [5.41, 5.74) is 0.459. The smallest absolute Gasteiger partial charge is 0.321 e. The highest BCUT2D eigenvalue weighted by Crippen LogP contribution is 2.23. The average Bonchev–Trinajstić information content (AvgIpc) is 2.46. The van der Waals surface area contributed by atoms with Gasteiger partial charge in [-0.25, -0.2) is 4.79 Å². The molecule has 0 aromatic heterocycles. The number of carbonyl (C=O) groups is 2. The Morgan fingerprint density at radius 3 is 2.44 bits per heavy atom. The van der Waals surface area contributed by atoms with Crippen molar-refractivity contribution in [3.8, 4) is 0 Å². The minimum Gasteiger partial charge on any atom is -0.396 e. The number of carbonyl (C=O) groups excluding carboxylic acids is 2. The second kappa shape index (κ2) is 9.97. The van der Waals surface area contributed by atoms with Crippen LogP contribution in [0.1, 0.15) is 32.8 Å². The van der Waals surface area contributed by atoms with E-state index in [9.17, 15) is 9.59 Å². The number of amides is 3. The number of imide groups is 1. The maximum absolute atomic E-state index is 12.1.